The fourth-order valence-corrected chi connectivity index (χ4v) is 1.99. The predicted octanol–water partition coefficient (Wildman–Crippen LogP) is -0.0311. The molecule has 0 aromatic rings. The van der Waals surface area contributed by atoms with Gasteiger partial charge in [-0.15, -0.1) is 0 Å². The van der Waals surface area contributed by atoms with Gasteiger partial charge in [-0.2, -0.15) is 0 Å². The molecule has 1 fully saturated rings. The second-order valence-corrected chi connectivity index (χ2v) is 3.99. The van der Waals surface area contributed by atoms with Crippen LogP contribution in [-0.4, -0.2) is 25.0 Å². The van der Waals surface area contributed by atoms with Crippen molar-refractivity contribution in [2.24, 2.45) is 17.4 Å². The van der Waals surface area contributed by atoms with Crippen LogP contribution in [0.2, 0.25) is 0 Å². The summed E-state index contributed by atoms with van der Waals surface area (Å²) >= 11 is 0. The van der Waals surface area contributed by atoms with Gasteiger partial charge in [-0.25, -0.2) is 0 Å². The Kier molecular flexibility index (Phi) is 4.90. The van der Waals surface area contributed by atoms with Crippen molar-refractivity contribution < 1.29 is 4.79 Å². The first-order valence-electron chi connectivity index (χ1n) is 5.49. The number of amides is 1. The van der Waals surface area contributed by atoms with Gasteiger partial charge in [-0.3, -0.25) is 4.79 Å². The maximum absolute atomic E-state index is 11.7. The van der Waals surface area contributed by atoms with E-state index in [2.05, 4.69) is 5.32 Å². The van der Waals surface area contributed by atoms with Crippen LogP contribution >= 0.6 is 0 Å². The number of carbonyl (C=O) groups excluding carboxylic acids is 1. The van der Waals surface area contributed by atoms with Crippen LogP contribution in [0.3, 0.4) is 0 Å². The number of nitrogens with two attached hydrogens (primary N) is 2. The molecule has 5 N–H and O–H groups in total. The Hall–Kier alpha value is -0.610. The lowest BCUT2D eigenvalue weighted by Gasteiger charge is -2.20. The second-order valence-electron chi connectivity index (χ2n) is 3.99. The van der Waals surface area contributed by atoms with E-state index >= 15 is 0 Å². The molecule has 1 rings (SSSR count). The van der Waals surface area contributed by atoms with Crippen molar-refractivity contribution in [3.05, 3.63) is 0 Å². The van der Waals surface area contributed by atoms with Crippen LogP contribution in [0.15, 0.2) is 0 Å². The van der Waals surface area contributed by atoms with Crippen molar-refractivity contribution in [1.82, 2.24) is 5.32 Å². The van der Waals surface area contributed by atoms with Crippen LogP contribution in [0, 0.1) is 5.92 Å². The van der Waals surface area contributed by atoms with Crippen LogP contribution in [0.4, 0.5) is 0 Å². The minimum absolute atomic E-state index is 0.00375. The molecule has 1 saturated carbocycles. The Balaban J connectivity index is 2.41. The van der Waals surface area contributed by atoms with Gasteiger partial charge in [0, 0.05) is 19.1 Å². The van der Waals surface area contributed by atoms with Gasteiger partial charge in [0.2, 0.25) is 5.91 Å². The number of carbonyl (C=O) groups is 1. The molecule has 0 spiro atoms. The van der Waals surface area contributed by atoms with Gasteiger partial charge in [0.1, 0.15) is 0 Å². The first kappa shape index (κ1) is 11.5. The molecular formula is C10H21N3O. The lowest BCUT2D eigenvalue weighted by molar-refractivity contribution is -0.125. The zero-order chi connectivity index (χ0) is 10.4. The molecule has 0 bridgehead atoms. The SMILES string of the molecule is NCCNC(=O)C1CCCCCC1N. The molecule has 82 valence electrons. The monoisotopic (exact) mass is 199 g/mol. The third-order valence-corrected chi connectivity index (χ3v) is 2.85. The van der Waals surface area contributed by atoms with Gasteiger partial charge in [-0.05, 0) is 12.8 Å². The first-order valence-corrected chi connectivity index (χ1v) is 5.49. The van der Waals surface area contributed by atoms with Crippen molar-refractivity contribution in [3.63, 3.8) is 0 Å². The zero-order valence-electron chi connectivity index (χ0n) is 8.67. The number of hydrogen-bond donors (Lipinski definition) is 3. The van der Waals surface area contributed by atoms with Crippen molar-refractivity contribution in [2.45, 2.75) is 38.1 Å². The normalized spacial score (nSPS) is 28.1. The lowest BCUT2D eigenvalue weighted by atomic mass is 9.95. The standard InChI is InChI=1S/C10H21N3O/c11-6-7-13-10(14)8-4-2-1-3-5-9(8)12/h8-9H,1-7,11-12H2,(H,13,14). The summed E-state index contributed by atoms with van der Waals surface area (Å²) in [6.07, 6.45) is 5.38. The van der Waals surface area contributed by atoms with Crippen molar-refractivity contribution in [3.8, 4) is 0 Å². The summed E-state index contributed by atoms with van der Waals surface area (Å²) in [7, 11) is 0. The van der Waals surface area contributed by atoms with E-state index in [0.29, 0.717) is 13.1 Å². The van der Waals surface area contributed by atoms with Crippen molar-refractivity contribution >= 4 is 5.91 Å². The van der Waals surface area contributed by atoms with E-state index in [9.17, 15) is 4.79 Å². The van der Waals surface area contributed by atoms with E-state index < -0.39 is 0 Å². The lowest BCUT2D eigenvalue weighted by Crippen LogP contribution is -2.42. The Labute approximate surface area is 85.4 Å². The third kappa shape index (κ3) is 3.27. The van der Waals surface area contributed by atoms with Gasteiger partial charge in [-0.1, -0.05) is 19.3 Å². The number of rotatable bonds is 3. The average molecular weight is 199 g/mol. The molecule has 14 heavy (non-hydrogen) atoms. The van der Waals surface area contributed by atoms with E-state index in [0.717, 1.165) is 25.7 Å². The second kappa shape index (κ2) is 5.98. The van der Waals surface area contributed by atoms with Crippen LogP contribution in [0.25, 0.3) is 0 Å². The Morgan fingerprint density at radius 1 is 1.29 bits per heavy atom. The van der Waals surface area contributed by atoms with Crippen LogP contribution < -0.4 is 16.8 Å². The largest absolute Gasteiger partial charge is 0.355 e. The van der Waals surface area contributed by atoms with Gasteiger partial charge >= 0.3 is 0 Å². The van der Waals surface area contributed by atoms with E-state index in [1.165, 1.54) is 6.42 Å². The van der Waals surface area contributed by atoms with Gasteiger partial charge in [0.15, 0.2) is 0 Å². The summed E-state index contributed by atoms with van der Waals surface area (Å²) in [6.45, 7) is 1.05. The highest BCUT2D eigenvalue weighted by Crippen LogP contribution is 2.22. The summed E-state index contributed by atoms with van der Waals surface area (Å²) in [5.41, 5.74) is 11.3. The molecule has 2 unspecified atom stereocenters. The summed E-state index contributed by atoms with van der Waals surface area (Å²) in [5, 5.41) is 2.82. The molecule has 0 aliphatic heterocycles. The Morgan fingerprint density at radius 3 is 2.71 bits per heavy atom. The fraction of sp³-hybridized carbons (Fsp3) is 0.900. The molecule has 1 aliphatic carbocycles. The average Bonchev–Trinajstić information content (AvgIpc) is 2.39. The smallest absolute Gasteiger partial charge is 0.224 e. The van der Waals surface area contributed by atoms with Crippen LogP contribution in [0.5, 0.6) is 0 Å². The van der Waals surface area contributed by atoms with E-state index in [4.69, 9.17) is 11.5 Å². The maximum atomic E-state index is 11.7. The van der Waals surface area contributed by atoms with Crippen LogP contribution in [-0.2, 0) is 4.79 Å². The highest BCUT2D eigenvalue weighted by molar-refractivity contribution is 5.79. The predicted molar refractivity (Wildman–Crippen MR) is 56.6 cm³/mol. The van der Waals surface area contributed by atoms with Crippen LogP contribution in [0.1, 0.15) is 32.1 Å². The van der Waals surface area contributed by atoms with E-state index in [1.54, 1.807) is 0 Å². The van der Waals surface area contributed by atoms with E-state index in [1.807, 2.05) is 0 Å². The van der Waals surface area contributed by atoms with Gasteiger partial charge in [0.25, 0.3) is 0 Å². The summed E-state index contributed by atoms with van der Waals surface area (Å²) < 4.78 is 0. The molecule has 0 radical (unpaired) electrons. The molecule has 1 aliphatic rings. The zero-order valence-corrected chi connectivity index (χ0v) is 8.67. The molecule has 0 saturated heterocycles. The van der Waals surface area contributed by atoms with Gasteiger partial charge in [0.05, 0.1) is 5.92 Å². The first-order chi connectivity index (χ1) is 6.75. The molecule has 0 aromatic carbocycles. The van der Waals surface area contributed by atoms with Crippen molar-refractivity contribution in [1.29, 1.82) is 0 Å². The third-order valence-electron chi connectivity index (χ3n) is 2.85. The topological polar surface area (TPSA) is 81.1 Å². The minimum Gasteiger partial charge on any atom is -0.355 e. The molecular weight excluding hydrogens is 178 g/mol. The highest BCUT2D eigenvalue weighted by Gasteiger charge is 2.26. The Bertz CT molecular complexity index is 184. The van der Waals surface area contributed by atoms with Gasteiger partial charge < -0.3 is 16.8 Å². The Morgan fingerprint density at radius 2 is 2.00 bits per heavy atom. The fourth-order valence-electron chi connectivity index (χ4n) is 1.99. The number of hydrogen-bond acceptors (Lipinski definition) is 3. The molecule has 4 heteroatoms. The maximum Gasteiger partial charge on any atom is 0.224 e. The van der Waals surface area contributed by atoms with Crippen molar-refractivity contribution in [2.75, 3.05) is 13.1 Å². The molecule has 0 aromatic heterocycles. The molecule has 1 amide bonds. The molecule has 2 atom stereocenters. The summed E-state index contributed by atoms with van der Waals surface area (Å²) in [5.74, 6) is 0.0916. The minimum atomic E-state index is 0.00375. The summed E-state index contributed by atoms with van der Waals surface area (Å²) in [6, 6.07) is 0.0373. The quantitative estimate of drug-likeness (QED) is 0.558. The van der Waals surface area contributed by atoms with E-state index in [-0.39, 0.29) is 17.9 Å². The number of nitrogens with one attached hydrogen (secondary N) is 1. The molecule has 4 nitrogen and oxygen atoms in total. The highest BCUT2D eigenvalue weighted by atomic mass is 16.1. The molecule has 0 heterocycles. The summed E-state index contributed by atoms with van der Waals surface area (Å²) in [4.78, 5) is 11.7.